The molecule has 0 aliphatic carbocycles. The minimum atomic E-state index is -0.784. The molecule has 0 radical (unpaired) electrons. The molecule has 0 bridgehead atoms. The summed E-state index contributed by atoms with van der Waals surface area (Å²) in [5.41, 5.74) is 3.02. The van der Waals surface area contributed by atoms with Gasteiger partial charge in [-0.25, -0.2) is 9.40 Å². The summed E-state index contributed by atoms with van der Waals surface area (Å²) in [5, 5.41) is 7.61. The topological polar surface area (TPSA) is 24.8 Å². The smallest absolute Gasteiger partial charge is 0.221 e. The number of hydrazone groups is 1. The van der Waals surface area contributed by atoms with Crippen LogP contribution in [0.5, 0.6) is 5.75 Å². The SMILES string of the molecule is C[C@]1(c2ccc(Br)cc2)Oc2ccc(Cl)cc2[C@H]2CC(c3ccc(F)cc3)=NN21. The van der Waals surface area contributed by atoms with Gasteiger partial charge < -0.3 is 4.74 Å². The fourth-order valence-electron chi connectivity index (χ4n) is 4.05. The Labute approximate surface area is 181 Å². The molecule has 0 spiro atoms. The van der Waals surface area contributed by atoms with Crippen molar-refractivity contribution in [2.45, 2.75) is 25.1 Å². The van der Waals surface area contributed by atoms with Crippen LogP contribution in [0.4, 0.5) is 4.39 Å². The molecular weight excluding hydrogens is 455 g/mol. The first-order valence-electron chi connectivity index (χ1n) is 9.31. The molecule has 0 aromatic heterocycles. The molecule has 29 heavy (non-hydrogen) atoms. The number of ether oxygens (including phenoxy) is 1. The van der Waals surface area contributed by atoms with Gasteiger partial charge in [-0.3, -0.25) is 0 Å². The Morgan fingerprint density at radius 3 is 2.55 bits per heavy atom. The van der Waals surface area contributed by atoms with E-state index in [2.05, 4.69) is 15.9 Å². The average Bonchev–Trinajstić information content (AvgIpc) is 3.16. The summed E-state index contributed by atoms with van der Waals surface area (Å²) in [4.78, 5) is 0. The zero-order chi connectivity index (χ0) is 20.2. The molecule has 3 aromatic rings. The van der Waals surface area contributed by atoms with Crippen LogP contribution in [0.3, 0.4) is 0 Å². The zero-order valence-corrected chi connectivity index (χ0v) is 17.9. The van der Waals surface area contributed by atoms with Crippen LogP contribution in [0.25, 0.3) is 0 Å². The highest BCUT2D eigenvalue weighted by atomic mass is 79.9. The molecule has 2 atom stereocenters. The van der Waals surface area contributed by atoms with E-state index in [1.807, 2.05) is 54.4 Å². The fourth-order valence-corrected chi connectivity index (χ4v) is 4.49. The highest BCUT2D eigenvalue weighted by Crippen LogP contribution is 2.50. The fraction of sp³-hybridized carbons (Fsp3) is 0.174. The van der Waals surface area contributed by atoms with Gasteiger partial charge in [0.05, 0.1) is 11.8 Å². The number of hydrogen-bond acceptors (Lipinski definition) is 3. The van der Waals surface area contributed by atoms with Crippen molar-refractivity contribution in [2.24, 2.45) is 5.10 Å². The van der Waals surface area contributed by atoms with Gasteiger partial charge in [0, 0.05) is 34.0 Å². The molecule has 146 valence electrons. The highest BCUT2D eigenvalue weighted by Gasteiger charge is 2.48. The highest BCUT2D eigenvalue weighted by molar-refractivity contribution is 9.10. The van der Waals surface area contributed by atoms with Crippen LogP contribution in [0.1, 0.15) is 36.1 Å². The third kappa shape index (κ3) is 3.13. The van der Waals surface area contributed by atoms with E-state index in [0.29, 0.717) is 11.4 Å². The molecule has 0 saturated carbocycles. The summed E-state index contributed by atoms with van der Waals surface area (Å²) in [6.45, 7) is 2.03. The maximum atomic E-state index is 13.4. The number of nitrogens with zero attached hydrogens (tertiary/aromatic N) is 2. The molecule has 0 amide bonds. The summed E-state index contributed by atoms with van der Waals surface area (Å²) in [6.07, 6.45) is 0.689. The Morgan fingerprint density at radius 2 is 1.83 bits per heavy atom. The Kier molecular flexibility index (Phi) is 4.41. The standard InChI is InChI=1S/C23H17BrClFN2O/c1-23(15-4-6-16(24)7-5-15)28-21(19-12-17(25)8-11-22(19)29-23)13-20(27-28)14-2-9-18(26)10-3-14/h2-12,21H,13H2,1H3/t21-,23-/m1/s1. The van der Waals surface area contributed by atoms with E-state index in [-0.39, 0.29) is 11.9 Å². The van der Waals surface area contributed by atoms with Crippen LogP contribution in [-0.2, 0) is 5.72 Å². The molecule has 0 fully saturated rings. The lowest BCUT2D eigenvalue weighted by molar-refractivity contribution is -0.112. The lowest BCUT2D eigenvalue weighted by atomic mass is 9.92. The molecule has 5 rings (SSSR count). The molecule has 0 unspecified atom stereocenters. The second-order valence-corrected chi connectivity index (χ2v) is 8.74. The van der Waals surface area contributed by atoms with Gasteiger partial charge in [0.15, 0.2) is 0 Å². The van der Waals surface area contributed by atoms with Gasteiger partial charge in [0.2, 0.25) is 5.72 Å². The van der Waals surface area contributed by atoms with E-state index < -0.39 is 5.72 Å². The first kappa shape index (κ1) is 18.6. The summed E-state index contributed by atoms with van der Waals surface area (Å²) in [6, 6.07) is 20.2. The van der Waals surface area contributed by atoms with Gasteiger partial charge in [0.1, 0.15) is 11.6 Å². The van der Waals surface area contributed by atoms with Crippen LogP contribution in [-0.4, -0.2) is 10.7 Å². The molecule has 3 aromatic carbocycles. The lowest BCUT2D eigenvalue weighted by Crippen LogP contribution is -2.48. The van der Waals surface area contributed by atoms with Crippen molar-refractivity contribution >= 4 is 33.2 Å². The van der Waals surface area contributed by atoms with Gasteiger partial charge in [-0.2, -0.15) is 5.10 Å². The molecule has 0 saturated heterocycles. The maximum absolute atomic E-state index is 13.4. The van der Waals surface area contributed by atoms with Crippen molar-refractivity contribution in [3.63, 3.8) is 0 Å². The van der Waals surface area contributed by atoms with Crippen molar-refractivity contribution in [3.05, 3.63) is 98.7 Å². The minimum Gasteiger partial charge on any atom is -0.462 e. The Hall–Kier alpha value is -2.37. The normalized spacial score (nSPS) is 22.6. The zero-order valence-electron chi connectivity index (χ0n) is 15.6. The Bertz CT molecular complexity index is 1120. The van der Waals surface area contributed by atoms with Gasteiger partial charge >= 0.3 is 0 Å². The molecular formula is C23H17BrClFN2O. The number of rotatable bonds is 2. The van der Waals surface area contributed by atoms with Gasteiger partial charge in [-0.05, 0) is 48.0 Å². The Morgan fingerprint density at radius 1 is 1.10 bits per heavy atom. The van der Waals surface area contributed by atoms with Crippen molar-refractivity contribution in [3.8, 4) is 5.75 Å². The largest absolute Gasteiger partial charge is 0.462 e. The van der Waals surface area contributed by atoms with Crippen LogP contribution >= 0.6 is 27.5 Å². The van der Waals surface area contributed by atoms with E-state index in [9.17, 15) is 4.39 Å². The van der Waals surface area contributed by atoms with Gasteiger partial charge in [-0.15, -0.1) is 0 Å². The molecule has 2 heterocycles. The van der Waals surface area contributed by atoms with Crippen LogP contribution in [0.2, 0.25) is 5.02 Å². The number of fused-ring (bicyclic) bond motifs is 3. The van der Waals surface area contributed by atoms with Crippen LogP contribution in [0.15, 0.2) is 76.3 Å². The molecule has 2 aliphatic heterocycles. The quantitative estimate of drug-likeness (QED) is 0.417. The van der Waals surface area contributed by atoms with Gasteiger partial charge in [-0.1, -0.05) is 51.8 Å². The second-order valence-electron chi connectivity index (χ2n) is 7.39. The number of halogens is 3. The van der Waals surface area contributed by atoms with E-state index >= 15 is 0 Å². The molecule has 2 aliphatic rings. The van der Waals surface area contributed by atoms with Crippen molar-refractivity contribution in [1.29, 1.82) is 0 Å². The van der Waals surface area contributed by atoms with E-state index in [4.69, 9.17) is 21.4 Å². The predicted octanol–water partition coefficient (Wildman–Crippen LogP) is 6.66. The predicted molar refractivity (Wildman–Crippen MR) is 116 cm³/mol. The summed E-state index contributed by atoms with van der Waals surface area (Å²) in [5.74, 6) is 0.543. The number of hydrogen-bond donors (Lipinski definition) is 0. The van der Waals surface area contributed by atoms with Crippen LogP contribution in [0, 0.1) is 5.82 Å². The molecule has 6 heteroatoms. The molecule has 0 N–H and O–H groups in total. The van der Waals surface area contributed by atoms with E-state index in [1.54, 1.807) is 12.1 Å². The lowest BCUT2D eigenvalue weighted by Gasteiger charge is -2.46. The monoisotopic (exact) mass is 470 g/mol. The first-order chi connectivity index (χ1) is 13.9. The van der Waals surface area contributed by atoms with Crippen molar-refractivity contribution in [2.75, 3.05) is 0 Å². The summed E-state index contributed by atoms with van der Waals surface area (Å²) >= 11 is 9.78. The van der Waals surface area contributed by atoms with Gasteiger partial charge in [0.25, 0.3) is 0 Å². The van der Waals surface area contributed by atoms with Crippen LogP contribution < -0.4 is 4.74 Å². The number of benzene rings is 3. The van der Waals surface area contributed by atoms with E-state index in [1.165, 1.54) is 12.1 Å². The second kappa shape index (κ2) is 6.85. The third-order valence-corrected chi connectivity index (χ3v) is 6.31. The maximum Gasteiger partial charge on any atom is 0.221 e. The van der Waals surface area contributed by atoms with Crippen molar-refractivity contribution < 1.29 is 9.13 Å². The average molecular weight is 472 g/mol. The first-order valence-corrected chi connectivity index (χ1v) is 10.5. The van der Waals surface area contributed by atoms with E-state index in [0.717, 1.165) is 32.6 Å². The van der Waals surface area contributed by atoms with Crippen molar-refractivity contribution in [1.82, 2.24) is 5.01 Å². The molecule has 3 nitrogen and oxygen atoms in total. The summed E-state index contributed by atoms with van der Waals surface area (Å²) < 4.78 is 20.9. The third-order valence-electron chi connectivity index (χ3n) is 5.54. The summed E-state index contributed by atoms with van der Waals surface area (Å²) in [7, 11) is 0. The Balaban J connectivity index is 1.65. The minimum absolute atomic E-state index is 0.0221.